The molecule has 0 aromatic heterocycles. The van der Waals surface area contributed by atoms with Crippen LogP contribution in [-0.2, 0) is 14.3 Å². The summed E-state index contributed by atoms with van der Waals surface area (Å²) in [7, 11) is 1.52. The van der Waals surface area contributed by atoms with Crippen LogP contribution in [0.3, 0.4) is 0 Å². The zero-order valence-electron chi connectivity index (χ0n) is 19.4. The minimum atomic E-state index is -0.350. The fraction of sp³-hybridized carbons (Fsp3) is 0.960. The molecule has 5 nitrogen and oxygen atoms in total. The molecule has 0 saturated heterocycles. The molecule has 4 rings (SSSR count). The van der Waals surface area contributed by atoms with Gasteiger partial charge in [0.1, 0.15) is 0 Å². The van der Waals surface area contributed by atoms with E-state index in [0.29, 0.717) is 23.7 Å². The number of unbranched alkanes of at least 4 members (excludes halogenated alkanes) is 1. The molecule has 172 valence electrons. The van der Waals surface area contributed by atoms with Crippen molar-refractivity contribution in [2.75, 3.05) is 13.7 Å². The normalized spacial score (nSPS) is 50.3. The summed E-state index contributed by atoms with van der Waals surface area (Å²) < 4.78 is 11.4. The molecule has 0 radical (unpaired) electrons. The molecule has 30 heavy (non-hydrogen) atoms. The zero-order chi connectivity index (χ0) is 21.7. The van der Waals surface area contributed by atoms with E-state index in [4.69, 9.17) is 15.2 Å². The summed E-state index contributed by atoms with van der Waals surface area (Å²) in [4.78, 5) is 12.5. The van der Waals surface area contributed by atoms with Gasteiger partial charge in [-0.2, -0.15) is 0 Å². The first-order valence-electron chi connectivity index (χ1n) is 12.4. The molecule has 4 fully saturated rings. The molecule has 10 atom stereocenters. The lowest BCUT2D eigenvalue weighted by Gasteiger charge is -2.63. The molecule has 4 aliphatic rings. The van der Waals surface area contributed by atoms with Gasteiger partial charge in [-0.05, 0) is 85.9 Å². The van der Waals surface area contributed by atoms with Crippen molar-refractivity contribution in [1.29, 1.82) is 0 Å². The van der Waals surface area contributed by atoms with Crippen molar-refractivity contribution >= 4 is 5.97 Å². The molecule has 4 saturated carbocycles. The predicted molar refractivity (Wildman–Crippen MR) is 117 cm³/mol. The van der Waals surface area contributed by atoms with E-state index in [1.165, 1.54) is 20.0 Å². The molecular formula is C25H43NO4. The monoisotopic (exact) mass is 421 g/mol. The van der Waals surface area contributed by atoms with Crippen molar-refractivity contribution in [3.05, 3.63) is 0 Å². The number of ether oxygens (including phenoxy) is 2. The SMILES string of the molecule is CCCCO[C@H]1C[C@@]2(C)[C@@H](CC[C@@H]3[C@@H]2[C@H](N)C[C@]2(C)[C@@H](C(=O)OC)CC[C@@H]32)C[C@@H]1O. The average molecular weight is 422 g/mol. The Morgan fingerprint density at radius 2 is 1.90 bits per heavy atom. The Bertz CT molecular complexity index is 641. The van der Waals surface area contributed by atoms with Crippen LogP contribution in [0.2, 0.25) is 0 Å². The van der Waals surface area contributed by atoms with Gasteiger partial charge in [-0.3, -0.25) is 4.79 Å². The van der Waals surface area contributed by atoms with Gasteiger partial charge < -0.3 is 20.3 Å². The third kappa shape index (κ3) is 3.44. The number of hydrogen-bond acceptors (Lipinski definition) is 5. The molecule has 0 amide bonds. The number of methoxy groups -OCH3 is 1. The van der Waals surface area contributed by atoms with Gasteiger partial charge in [0.25, 0.3) is 0 Å². The fourth-order valence-electron chi connectivity index (χ4n) is 8.60. The van der Waals surface area contributed by atoms with Gasteiger partial charge in [-0.15, -0.1) is 0 Å². The Kier molecular flexibility index (Phi) is 6.29. The third-order valence-electron chi connectivity index (χ3n) is 9.98. The number of esters is 1. The first kappa shape index (κ1) is 22.5. The second-order valence-corrected chi connectivity index (χ2v) is 11.4. The van der Waals surface area contributed by atoms with Crippen LogP contribution in [-0.4, -0.2) is 43.0 Å². The van der Waals surface area contributed by atoms with E-state index in [1.54, 1.807) is 0 Å². The topological polar surface area (TPSA) is 81.8 Å². The van der Waals surface area contributed by atoms with Gasteiger partial charge in [0.2, 0.25) is 0 Å². The fourth-order valence-corrected chi connectivity index (χ4v) is 8.60. The molecule has 4 aliphatic carbocycles. The number of carbonyl (C=O) groups excluding carboxylic acids is 1. The standard InChI is InChI=1S/C25H43NO4/c1-5-6-11-30-21-14-24(2)15(12-20(21)27)7-8-16-17-9-10-18(23(28)29-4)25(17,3)13-19(26)22(16)24/h15-22,27H,5-14,26H2,1-4H3/t15-,16-,17-,18+,19+,20-,21-,22+,24-,25-/m0/s1. The maximum atomic E-state index is 12.5. The Morgan fingerprint density at radius 3 is 2.60 bits per heavy atom. The first-order chi connectivity index (χ1) is 14.3. The molecule has 0 unspecified atom stereocenters. The Hall–Kier alpha value is -0.650. The summed E-state index contributed by atoms with van der Waals surface area (Å²) in [5.41, 5.74) is 7.05. The highest BCUT2D eigenvalue weighted by Crippen LogP contribution is 2.67. The Labute approximate surface area is 182 Å². The predicted octanol–water partition coefficient (Wildman–Crippen LogP) is 3.91. The number of nitrogens with two attached hydrogens (primary N) is 1. The van der Waals surface area contributed by atoms with Crippen LogP contribution in [0.15, 0.2) is 0 Å². The van der Waals surface area contributed by atoms with Crippen LogP contribution in [0.5, 0.6) is 0 Å². The second-order valence-electron chi connectivity index (χ2n) is 11.4. The number of carbonyl (C=O) groups is 1. The number of rotatable bonds is 5. The van der Waals surface area contributed by atoms with Crippen molar-refractivity contribution < 1.29 is 19.4 Å². The van der Waals surface area contributed by atoms with Crippen LogP contribution in [0.4, 0.5) is 0 Å². The average Bonchev–Trinajstić information content (AvgIpc) is 3.04. The second kappa shape index (κ2) is 8.37. The summed E-state index contributed by atoms with van der Waals surface area (Å²) in [6, 6.07) is 0.0980. The molecule has 0 spiro atoms. The summed E-state index contributed by atoms with van der Waals surface area (Å²) in [5.74, 6) is 2.04. The molecule has 5 heteroatoms. The van der Waals surface area contributed by atoms with E-state index in [2.05, 4.69) is 20.8 Å². The summed E-state index contributed by atoms with van der Waals surface area (Å²) in [6.07, 6.45) is 8.81. The lowest BCUT2D eigenvalue weighted by Crippen LogP contribution is -2.63. The molecule has 0 bridgehead atoms. The minimum Gasteiger partial charge on any atom is -0.469 e. The minimum absolute atomic E-state index is 0.0108. The molecule has 0 aromatic carbocycles. The highest BCUT2D eigenvalue weighted by atomic mass is 16.5. The molecule has 0 aromatic rings. The summed E-state index contributed by atoms with van der Waals surface area (Å²) >= 11 is 0. The Morgan fingerprint density at radius 1 is 1.13 bits per heavy atom. The van der Waals surface area contributed by atoms with Crippen LogP contribution in [0, 0.1) is 40.4 Å². The quantitative estimate of drug-likeness (QED) is 0.519. The zero-order valence-corrected chi connectivity index (χ0v) is 19.4. The largest absolute Gasteiger partial charge is 0.469 e. The maximum absolute atomic E-state index is 12.5. The number of aliphatic hydroxyl groups excluding tert-OH is 1. The van der Waals surface area contributed by atoms with Gasteiger partial charge >= 0.3 is 5.97 Å². The van der Waals surface area contributed by atoms with Gasteiger partial charge in [0, 0.05) is 12.6 Å². The number of fused-ring (bicyclic) bond motifs is 5. The Balaban J connectivity index is 1.58. The van der Waals surface area contributed by atoms with E-state index in [-0.39, 0.29) is 41.0 Å². The van der Waals surface area contributed by atoms with Crippen molar-refractivity contribution in [1.82, 2.24) is 0 Å². The molecule has 3 N–H and O–H groups in total. The van der Waals surface area contributed by atoms with Gasteiger partial charge in [0.15, 0.2) is 0 Å². The highest BCUT2D eigenvalue weighted by molar-refractivity contribution is 5.73. The summed E-state index contributed by atoms with van der Waals surface area (Å²) in [5, 5.41) is 10.8. The lowest BCUT2D eigenvalue weighted by atomic mass is 9.43. The van der Waals surface area contributed by atoms with Crippen LogP contribution >= 0.6 is 0 Å². The summed E-state index contributed by atoms with van der Waals surface area (Å²) in [6.45, 7) is 7.65. The smallest absolute Gasteiger partial charge is 0.309 e. The van der Waals surface area contributed by atoms with E-state index in [9.17, 15) is 9.90 Å². The van der Waals surface area contributed by atoms with Crippen LogP contribution in [0.25, 0.3) is 0 Å². The van der Waals surface area contributed by atoms with E-state index >= 15 is 0 Å². The maximum Gasteiger partial charge on any atom is 0.309 e. The van der Waals surface area contributed by atoms with Gasteiger partial charge in [-0.25, -0.2) is 0 Å². The van der Waals surface area contributed by atoms with Crippen molar-refractivity contribution in [3.8, 4) is 0 Å². The lowest BCUT2D eigenvalue weighted by molar-refractivity contribution is -0.180. The van der Waals surface area contributed by atoms with E-state index in [1.807, 2.05) is 0 Å². The number of hydrogen-bond donors (Lipinski definition) is 2. The highest BCUT2D eigenvalue weighted by Gasteiger charge is 2.64. The van der Waals surface area contributed by atoms with Gasteiger partial charge in [0.05, 0.1) is 25.2 Å². The first-order valence-corrected chi connectivity index (χ1v) is 12.4. The van der Waals surface area contributed by atoms with Crippen molar-refractivity contribution in [3.63, 3.8) is 0 Å². The van der Waals surface area contributed by atoms with Crippen molar-refractivity contribution in [2.24, 2.45) is 46.2 Å². The molecular weight excluding hydrogens is 378 g/mol. The van der Waals surface area contributed by atoms with Crippen molar-refractivity contribution in [2.45, 2.75) is 96.8 Å². The van der Waals surface area contributed by atoms with Crippen LogP contribution < -0.4 is 5.73 Å². The van der Waals surface area contributed by atoms with Crippen LogP contribution in [0.1, 0.15) is 78.6 Å². The van der Waals surface area contributed by atoms with Gasteiger partial charge in [-0.1, -0.05) is 27.2 Å². The third-order valence-corrected chi connectivity index (χ3v) is 9.98. The molecule has 0 aliphatic heterocycles. The number of aliphatic hydroxyl groups is 1. The van der Waals surface area contributed by atoms with E-state index < -0.39 is 0 Å². The van der Waals surface area contributed by atoms with E-state index in [0.717, 1.165) is 51.6 Å². The molecule has 0 heterocycles.